The Hall–Kier alpha value is -1.76. The molecule has 0 amide bonds. The summed E-state index contributed by atoms with van der Waals surface area (Å²) in [4.78, 5) is 10.3. The molecule has 0 saturated heterocycles. The van der Waals surface area contributed by atoms with E-state index in [0.29, 0.717) is 9.47 Å². The molecule has 2 aromatic rings. The smallest absolute Gasteiger partial charge is 0.284 e. The number of nitro benzene ring substituents is 1. The minimum absolute atomic E-state index is 0.256. The van der Waals surface area contributed by atoms with Crippen molar-refractivity contribution in [2.24, 2.45) is 5.14 Å². The quantitative estimate of drug-likeness (QED) is 0.608. The Balaban J connectivity index is 2.41. The molecule has 1 aromatic heterocycles. The summed E-state index contributed by atoms with van der Waals surface area (Å²) in [6, 6.07) is 3.46. The predicted molar refractivity (Wildman–Crippen MR) is 78.0 cm³/mol. The maximum atomic E-state index is 11.2. The van der Waals surface area contributed by atoms with Crippen molar-refractivity contribution in [3.63, 3.8) is 0 Å². The molecule has 9 nitrogen and oxygen atoms in total. The summed E-state index contributed by atoms with van der Waals surface area (Å²) in [5.74, 6) is 0. The van der Waals surface area contributed by atoms with Crippen LogP contribution >= 0.6 is 23.1 Å². The van der Waals surface area contributed by atoms with Crippen molar-refractivity contribution in [1.29, 1.82) is 0 Å². The van der Waals surface area contributed by atoms with Gasteiger partial charge in [0.1, 0.15) is 0 Å². The molecule has 21 heavy (non-hydrogen) atoms. The highest BCUT2D eigenvalue weighted by Crippen LogP contribution is 2.37. The number of nitrogens with zero attached hydrogens (tertiary/aromatic N) is 3. The van der Waals surface area contributed by atoms with Gasteiger partial charge in [-0.15, -0.1) is 10.2 Å². The minimum Gasteiger partial charge on any atom is -0.363 e. The van der Waals surface area contributed by atoms with E-state index in [1.54, 1.807) is 7.05 Å². The summed E-state index contributed by atoms with van der Waals surface area (Å²) in [6.07, 6.45) is 0. The lowest BCUT2D eigenvalue weighted by Gasteiger charge is -2.02. The molecular weight excluding hydrogens is 338 g/mol. The monoisotopic (exact) mass is 347 g/mol. The van der Waals surface area contributed by atoms with Gasteiger partial charge in [-0.1, -0.05) is 11.3 Å². The van der Waals surface area contributed by atoms with Crippen molar-refractivity contribution >= 4 is 43.9 Å². The zero-order valence-electron chi connectivity index (χ0n) is 10.5. The first kappa shape index (κ1) is 15.6. The molecule has 3 N–H and O–H groups in total. The number of nitrogens with one attached hydrogen (secondary N) is 1. The molecule has 0 saturated carbocycles. The summed E-state index contributed by atoms with van der Waals surface area (Å²) in [5.41, 5.74) is -0.354. The second-order valence-corrected chi connectivity index (χ2v) is 7.48. The number of anilines is 1. The van der Waals surface area contributed by atoms with E-state index >= 15 is 0 Å². The molecule has 0 aliphatic carbocycles. The molecule has 0 bridgehead atoms. The van der Waals surface area contributed by atoms with Crippen LogP contribution in [0.1, 0.15) is 0 Å². The lowest BCUT2D eigenvalue weighted by Crippen LogP contribution is -2.12. The summed E-state index contributed by atoms with van der Waals surface area (Å²) in [5, 5.41) is 27.1. The van der Waals surface area contributed by atoms with Crippen LogP contribution in [-0.2, 0) is 10.0 Å². The molecule has 2 rings (SSSR count). The van der Waals surface area contributed by atoms with Gasteiger partial charge in [-0.25, -0.2) is 13.6 Å². The first-order chi connectivity index (χ1) is 9.81. The van der Waals surface area contributed by atoms with Gasteiger partial charge >= 0.3 is 0 Å². The number of benzene rings is 1. The first-order valence-corrected chi connectivity index (χ1v) is 8.49. The summed E-state index contributed by atoms with van der Waals surface area (Å²) < 4.78 is 23.0. The number of rotatable bonds is 5. The van der Waals surface area contributed by atoms with E-state index < -0.39 is 14.9 Å². The Bertz CT molecular complexity index is 788. The third kappa shape index (κ3) is 3.66. The molecule has 0 radical (unpaired) electrons. The Morgan fingerprint density at radius 3 is 2.67 bits per heavy atom. The van der Waals surface area contributed by atoms with E-state index in [2.05, 4.69) is 15.5 Å². The summed E-state index contributed by atoms with van der Waals surface area (Å²) in [6.45, 7) is 0. The van der Waals surface area contributed by atoms with E-state index in [-0.39, 0.29) is 15.5 Å². The standard InChI is InChI=1S/C9H9N5O4S3/c1-11-8-12-13-9(20-8)19-7-3-2-5(21(10,17)18)4-6(7)14(15)16/h2-4H,1H3,(H,11,12)(H2,10,17,18). The highest BCUT2D eigenvalue weighted by Gasteiger charge is 2.20. The first-order valence-electron chi connectivity index (χ1n) is 5.31. The van der Waals surface area contributed by atoms with Gasteiger partial charge in [0.25, 0.3) is 5.69 Å². The van der Waals surface area contributed by atoms with Crippen LogP contribution in [0.3, 0.4) is 0 Å². The van der Waals surface area contributed by atoms with Gasteiger partial charge in [0.05, 0.1) is 14.7 Å². The van der Waals surface area contributed by atoms with Crippen molar-refractivity contribution in [3.8, 4) is 0 Å². The van der Waals surface area contributed by atoms with Crippen molar-refractivity contribution in [2.75, 3.05) is 12.4 Å². The third-order valence-corrected chi connectivity index (χ3v) is 5.24. The zero-order chi connectivity index (χ0) is 15.6. The molecule has 1 aromatic carbocycles. The Labute approximate surface area is 127 Å². The fourth-order valence-corrected chi connectivity index (χ4v) is 3.63. The van der Waals surface area contributed by atoms with Gasteiger partial charge < -0.3 is 5.32 Å². The topological polar surface area (TPSA) is 141 Å². The summed E-state index contributed by atoms with van der Waals surface area (Å²) >= 11 is 2.25. The van der Waals surface area contributed by atoms with Crippen LogP contribution in [0.2, 0.25) is 0 Å². The maximum Gasteiger partial charge on any atom is 0.284 e. The largest absolute Gasteiger partial charge is 0.363 e. The molecule has 0 spiro atoms. The normalized spacial score (nSPS) is 11.3. The van der Waals surface area contributed by atoms with Crippen LogP contribution in [0, 0.1) is 10.1 Å². The molecular formula is C9H9N5O4S3. The lowest BCUT2D eigenvalue weighted by molar-refractivity contribution is -0.388. The third-order valence-electron chi connectivity index (χ3n) is 2.27. The van der Waals surface area contributed by atoms with Crippen molar-refractivity contribution in [1.82, 2.24) is 10.2 Å². The molecule has 0 unspecified atom stereocenters. The van der Waals surface area contributed by atoms with Gasteiger partial charge in [-0.05, 0) is 23.9 Å². The van der Waals surface area contributed by atoms with Crippen molar-refractivity contribution < 1.29 is 13.3 Å². The van der Waals surface area contributed by atoms with Gasteiger partial charge in [0.2, 0.25) is 15.2 Å². The minimum atomic E-state index is -4.00. The van der Waals surface area contributed by atoms with Gasteiger partial charge in [0.15, 0.2) is 4.34 Å². The van der Waals surface area contributed by atoms with Crippen LogP contribution in [0.4, 0.5) is 10.8 Å². The fourth-order valence-electron chi connectivity index (χ4n) is 1.35. The Morgan fingerprint density at radius 2 is 2.14 bits per heavy atom. The predicted octanol–water partition coefficient (Wildman–Crippen LogP) is 1.29. The molecule has 12 heteroatoms. The SMILES string of the molecule is CNc1nnc(Sc2ccc(S(N)(=O)=O)cc2[N+](=O)[O-])s1. The lowest BCUT2D eigenvalue weighted by atomic mass is 10.3. The second kappa shape index (κ2) is 5.93. The molecule has 0 aliphatic rings. The van der Waals surface area contributed by atoms with E-state index in [4.69, 9.17) is 5.14 Å². The maximum absolute atomic E-state index is 11.2. The number of hydrogen-bond acceptors (Lipinski definition) is 9. The van der Waals surface area contributed by atoms with E-state index in [1.165, 1.54) is 23.5 Å². The molecule has 1 heterocycles. The average Bonchev–Trinajstić information content (AvgIpc) is 2.85. The average molecular weight is 347 g/mol. The second-order valence-electron chi connectivity index (χ2n) is 3.66. The fraction of sp³-hybridized carbons (Fsp3) is 0.111. The van der Waals surface area contributed by atoms with Crippen LogP contribution in [0.25, 0.3) is 0 Å². The highest BCUT2D eigenvalue weighted by atomic mass is 32.2. The van der Waals surface area contributed by atoms with Crippen LogP contribution in [-0.4, -0.2) is 30.6 Å². The van der Waals surface area contributed by atoms with Gasteiger partial charge in [0, 0.05) is 13.1 Å². The Kier molecular flexibility index (Phi) is 4.41. The van der Waals surface area contributed by atoms with E-state index in [0.717, 1.165) is 17.8 Å². The molecule has 0 aliphatic heterocycles. The van der Waals surface area contributed by atoms with Crippen molar-refractivity contribution in [2.45, 2.75) is 14.1 Å². The van der Waals surface area contributed by atoms with Gasteiger partial charge in [-0.2, -0.15) is 0 Å². The number of nitrogens with two attached hydrogens (primary N) is 1. The Morgan fingerprint density at radius 1 is 1.43 bits per heavy atom. The highest BCUT2D eigenvalue weighted by molar-refractivity contribution is 8.01. The number of hydrogen-bond donors (Lipinski definition) is 2. The number of sulfonamides is 1. The number of aromatic nitrogens is 2. The van der Waals surface area contributed by atoms with Gasteiger partial charge in [-0.3, -0.25) is 10.1 Å². The molecule has 0 fully saturated rings. The molecule has 112 valence electrons. The van der Waals surface area contributed by atoms with Crippen LogP contribution in [0.15, 0.2) is 32.3 Å². The number of nitro groups is 1. The van der Waals surface area contributed by atoms with E-state index in [9.17, 15) is 18.5 Å². The van der Waals surface area contributed by atoms with E-state index in [1.807, 2.05) is 0 Å². The van der Waals surface area contributed by atoms with Crippen LogP contribution in [0.5, 0.6) is 0 Å². The van der Waals surface area contributed by atoms with Crippen molar-refractivity contribution in [3.05, 3.63) is 28.3 Å². The zero-order valence-corrected chi connectivity index (χ0v) is 13.0. The van der Waals surface area contributed by atoms with Crippen LogP contribution < -0.4 is 10.5 Å². The molecule has 0 atom stereocenters. The summed E-state index contributed by atoms with van der Waals surface area (Å²) in [7, 11) is -2.32. The number of primary sulfonamides is 1.